The lowest BCUT2D eigenvalue weighted by atomic mass is 9.95. The molecule has 1 saturated heterocycles. The van der Waals surface area contributed by atoms with Crippen molar-refractivity contribution in [1.29, 1.82) is 0 Å². The van der Waals surface area contributed by atoms with Crippen LogP contribution in [0.3, 0.4) is 0 Å². The molecule has 0 spiro atoms. The lowest BCUT2D eigenvalue weighted by Crippen LogP contribution is -2.32. The first-order valence-corrected chi connectivity index (χ1v) is 11.5. The largest absolute Gasteiger partial charge is 0.507 e. The van der Waals surface area contributed by atoms with Crippen molar-refractivity contribution in [1.82, 2.24) is 9.80 Å². The third kappa shape index (κ3) is 5.78. The SMILES string of the molecule is COc1ccc(/C(O)=C2/C(=O)C(=O)N(CCCN(C)C)C2c2cccc(OCC(C)C)c2)cc1. The van der Waals surface area contributed by atoms with Gasteiger partial charge in [-0.2, -0.15) is 0 Å². The number of hydrogen-bond acceptors (Lipinski definition) is 6. The van der Waals surface area contributed by atoms with Gasteiger partial charge in [-0.25, -0.2) is 0 Å². The number of hydrogen-bond donors (Lipinski definition) is 1. The summed E-state index contributed by atoms with van der Waals surface area (Å²) < 4.78 is 11.1. The van der Waals surface area contributed by atoms with Crippen molar-refractivity contribution in [2.24, 2.45) is 5.92 Å². The van der Waals surface area contributed by atoms with Crippen LogP contribution in [-0.4, -0.2) is 67.5 Å². The summed E-state index contributed by atoms with van der Waals surface area (Å²) >= 11 is 0. The Bertz CT molecular complexity index is 1040. The summed E-state index contributed by atoms with van der Waals surface area (Å²) in [5.41, 5.74) is 1.26. The van der Waals surface area contributed by atoms with Gasteiger partial charge in [0.05, 0.1) is 25.3 Å². The molecule has 1 heterocycles. The van der Waals surface area contributed by atoms with Gasteiger partial charge >= 0.3 is 0 Å². The van der Waals surface area contributed by atoms with E-state index in [1.54, 1.807) is 36.3 Å². The molecule has 0 bridgehead atoms. The maximum Gasteiger partial charge on any atom is 0.295 e. The molecule has 1 aliphatic heterocycles. The summed E-state index contributed by atoms with van der Waals surface area (Å²) in [4.78, 5) is 29.8. The highest BCUT2D eigenvalue weighted by atomic mass is 16.5. The molecule has 2 aromatic rings. The minimum Gasteiger partial charge on any atom is -0.507 e. The van der Waals surface area contributed by atoms with Crippen LogP contribution in [0.15, 0.2) is 54.1 Å². The average Bonchev–Trinajstić information content (AvgIpc) is 3.07. The van der Waals surface area contributed by atoms with Crippen molar-refractivity contribution in [3.05, 3.63) is 65.2 Å². The number of carbonyl (C=O) groups is 2. The summed E-state index contributed by atoms with van der Waals surface area (Å²) in [5.74, 6) is 0.163. The second-order valence-electron chi connectivity index (χ2n) is 9.16. The number of Topliss-reactive ketones (excluding diaryl/α,β-unsaturated/α-hetero) is 1. The maximum atomic E-state index is 13.2. The number of ketones is 1. The number of carbonyl (C=O) groups excluding carboxylic acids is 2. The summed E-state index contributed by atoms with van der Waals surface area (Å²) in [6, 6.07) is 13.5. The van der Waals surface area contributed by atoms with E-state index in [9.17, 15) is 14.7 Å². The predicted octanol–water partition coefficient (Wildman–Crippen LogP) is 4.10. The highest BCUT2D eigenvalue weighted by Crippen LogP contribution is 2.40. The molecule has 1 aliphatic rings. The lowest BCUT2D eigenvalue weighted by Gasteiger charge is -2.26. The normalized spacial score (nSPS) is 17.6. The van der Waals surface area contributed by atoms with E-state index in [2.05, 4.69) is 13.8 Å². The van der Waals surface area contributed by atoms with Crippen molar-refractivity contribution < 1.29 is 24.2 Å². The number of rotatable bonds is 10. The van der Waals surface area contributed by atoms with E-state index in [4.69, 9.17) is 9.47 Å². The van der Waals surface area contributed by atoms with Crippen LogP contribution in [0.4, 0.5) is 0 Å². The van der Waals surface area contributed by atoms with E-state index in [1.165, 1.54) is 0 Å². The maximum absolute atomic E-state index is 13.2. The van der Waals surface area contributed by atoms with Crippen LogP contribution in [-0.2, 0) is 9.59 Å². The molecule has 2 aromatic carbocycles. The number of aliphatic hydroxyl groups excluding tert-OH is 1. The van der Waals surface area contributed by atoms with Crippen LogP contribution in [0, 0.1) is 5.92 Å². The highest BCUT2D eigenvalue weighted by Gasteiger charge is 2.45. The van der Waals surface area contributed by atoms with Gasteiger partial charge in [-0.05, 0) is 74.9 Å². The third-order valence-corrected chi connectivity index (χ3v) is 5.66. The van der Waals surface area contributed by atoms with E-state index < -0.39 is 17.7 Å². The zero-order chi connectivity index (χ0) is 24.8. The first-order chi connectivity index (χ1) is 16.2. The van der Waals surface area contributed by atoms with Crippen molar-refractivity contribution in [2.45, 2.75) is 26.3 Å². The summed E-state index contributed by atoms with van der Waals surface area (Å²) in [5, 5.41) is 11.2. The fourth-order valence-electron chi connectivity index (χ4n) is 3.96. The van der Waals surface area contributed by atoms with E-state index >= 15 is 0 Å². The average molecular weight is 467 g/mol. The zero-order valence-electron chi connectivity index (χ0n) is 20.6. The van der Waals surface area contributed by atoms with Crippen LogP contribution in [0.2, 0.25) is 0 Å². The molecule has 1 fully saturated rings. The molecule has 1 atom stereocenters. The van der Waals surface area contributed by atoms with Crippen molar-refractivity contribution >= 4 is 17.4 Å². The van der Waals surface area contributed by atoms with Gasteiger partial charge in [0.1, 0.15) is 17.3 Å². The predicted molar refractivity (Wildman–Crippen MR) is 132 cm³/mol. The quantitative estimate of drug-likeness (QED) is 0.323. The molecule has 1 amide bonds. The molecule has 0 saturated carbocycles. The van der Waals surface area contributed by atoms with Crippen LogP contribution < -0.4 is 9.47 Å². The van der Waals surface area contributed by atoms with Gasteiger partial charge in [-0.3, -0.25) is 9.59 Å². The lowest BCUT2D eigenvalue weighted by molar-refractivity contribution is -0.139. The second-order valence-corrected chi connectivity index (χ2v) is 9.16. The zero-order valence-corrected chi connectivity index (χ0v) is 20.6. The first kappa shape index (κ1) is 25.3. The van der Waals surface area contributed by atoms with Gasteiger partial charge in [-0.1, -0.05) is 26.0 Å². The van der Waals surface area contributed by atoms with Crippen LogP contribution >= 0.6 is 0 Å². The standard InChI is InChI=1S/C27H34N2O5/c1-18(2)17-34-22-9-6-8-20(16-22)24-23(25(30)19-10-12-21(33-5)13-11-19)26(31)27(32)29(24)15-7-14-28(3)4/h6,8-13,16,18,24,30H,7,14-15,17H2,1-5H3/b25-23-. The molecule has 1 N–H and O–H groups in total. The number of likely N-dealkylation sites (tertiary alicyclic amines) is 1. The van der Waals surface area contributed by atoms with Crippen molar-refractivity contribution in [3.63, 3.8) is 0 Å². The molecular weight excluding hydrogens is 432 g/mol. The minimum absolute atomic E-state index is 0.0843. The Kier molecular flexibility index (Phi) is 8.34. The van der Waals surface area contributed by atoms with E-state index in [-0.39, 0.29) is 11.3 Å². The minimum atomic E-state index is -0.702. The first-order valence-electron chi connectivity index (χ1n) is 11.5. The van der Waals surface area contributed by atoms with Gasteiger partial charge in [0.25, 0.3) is 11.7 Å². The van der Waals surface area contributed by atoms with Crippen LogP contribution in [0.5, 0.6) is 11.5 Å². The summed E-state index contributed by atoms with van der Waals surface area (Å²) in [6.45, 7) is 5.85. The molecule has 182 valence electrons. The van der Waals surface area contributed by atoms with Crippen molar-refractivity contribution in [2.75, 3.05) is 40.9 Å². The Morgan fingerprint density at radius 1 is 1.09 bits per heavy atom. The fraction of sp³-hybridized carbons (Fsp3) is 0.407. The molecule has 0 radical (unpaired) electrons. The van der Waals surface area contributed by atoms with Crippen LogP contribution in [0.1, 0.15) is 37.4 Å². The molecule has 3 rings (SSSR count). The summed E-state index contributed by atoms with van der Waals surface area (Å²) in [6.07, 6.45) is 0.697. The fourth-order valence-corrected chi connectivity index (χ4v) is 3.96. The third-order valence-electron chi connectivity index (χ3n) is 5.66. The second kappa shape index (κ2) is 11.2. The van der Waals surface area contributed by atoms with E-state index in [1.807, 2.05) is 43.3 Å². The van der Waals surface area contributed by atoms with Gasteiger partial charge in [-0.15, -0.1) is 0 Å². The molecular formula is C27H34N2O5. The highest BCUT2D eigenvalue weighted by molar-refractivity contribution is 6.46. The van der Waals surface area contributed by atoms with Gasteiger partial charge in [0, 0.05) is 12.1 Å². The topological polar surface area (TPSA) is 79.3 Å². The van der Waals surface area contributed by atoms with Gasteiger partial charge < -0.3 is 24.4 Å². The number of benzene rings is 2. The summed E-state index contributed by atoms with van der Waals surface area (Å²) in [7, 11) is 5.48. The van der Waals surface area contributed by atoms with Crippen molar-refractivity contribution in [3.8, 4) is 11.5 Å². The number of aliphatic hydroxyl groups is 1. The van der Waals surface area contributed by atoms with Crippen LogP contribution in [0.25, 0.3) is 5.76 Å². The Hall–Kier alpha value is -3.32. The molecule has 0 aliphatic carbocycles. The van der Waals surface area contributed by atoms with Gasteiger partial charge in [0.15, 0.2) is 0 Å². The molecule has 7 nitrogen and oxygen atoms in total. The molecule has 34 heavy (non-hydrogen) atoms. The molecule has 1 unspecified atom stereocenters. The number of methoxy groups -OCH3 is 1. The Morgan fingerprint density at radius 3 is 2.41 bits per heavy atom. The van der Waals surface area contributed by atoms with E-state index in [0.29, 0.717) is 42.6 Å². The Balaban J connectivity index is 2.06. The molecule has 0 aromatic heterocycles. The Labute approximate surface area is 201 Å². The molecule has 7 heteroatoms. The smallest absolute Gasteiger partial charge is 0.295 e. The monoisotopic (exact) mass is 466 g/mol. The Morgan fingerprint density at radius 2 is 1.79 bits per heavy atom. The number of amides is 1. The number of ether oxygens (including phenoxy) is 2. The number of nitrogens with zero attached hydrogens (tertiary/aromatic N) is 2. The van der Waals surface area contributed by atoms with Gasteiger partial charge in [0.2, 0.25) is 0 Å². The van der Waals surface area contributed by atoms with E-state index in [0.717, 1.165) is 12.1 Å².